The highest BCUT2D eigenvalue weighted by atomic mass is 32.1. The number of hydrogen-bond acceptors (Lipinski definition) is 3. The first-order chi connectivity index (χ1) is 17.6. The molecule has 36 heavy (non-hydrogen) atoms. The molecule has 1 N–H and O–H groups in total. The lowest BCUT2D eigenvalue weighted by atomic mass is 9.84. The Morgan fingerprint density at radius 3 is 2.50 bits per heavy atom. The second-order valence-corrected chi connectivity index (χ2v) is 10.3. The minimum Gasteiger partial charge on any atom is -0.493 e. The highest BCUT2D eigenvalue weighted by Crippen LogP contribution is 2.33. The fourth-order valence-electron chi connectivity index (χ4n) is 5.21. The summed E-state index contributed by atoms with van der Waals surface area (Å²) in [5, 5.41) is 3.03. The molecule has 3 aromatic carbocycles. The van der Waals surface area contributed by atoms with Crippen LogP contribution in [0.15, 0.2) is 72.3 Å². The SMILES string of the molecule is Cc1ccccc1-c1ccc2c(c1)C=C(C(=O)Nc1ccc(C(=S=O)C3CCCCC3)cc1)CCO2. The van der Waals surface area contributed by atoms with Crippen LogP contribution in [0.5, 0.6) is 5.75 Å². The van der Waals surface area contributed by atoms with Gasteiger partial charge < -0.3 is 10.1 Å². The molecule has 0 unspecified atom stereocenters. The normalized spacial score (nSPS) is 15.6. The number of benzene rings is 3. The van der Waals surface area contributed by atoms with Crippen molar-refractivity contribution in [3.05, 3.63) is 89.0 Å². The van der Waals surface area contributed by atoms with E-state index in [0.717, 1.165) is 45.8 Å². The smallest absolute Gasteiger partial charge is 0.251 e. The Bertz CT molecular complexity index is 1350. The van der Waals surface area contributed by atoms with E-state index in [1.165, 1.54) is 30.4 Å². The third kappa shape index (κ3) is 5.36. The molecule has 1 fully saturated rings. The van der Waals surface area contributed by atoms with E-state index in [1.54, 1.807) is 0 Å². The molecule has 0 bridgehead atoms. The van der Waals surface area contributed by atoms with Crippen LogP contribution in [0, 0.1) is 12.8 Å². The quantitative estimate of drug-likeness (QED) is 0.312. The molecule has 0 saturated heterocycles. The number of hydrogen-bond donors (Lipinski definition) is 1. The van der Waals surface area contributed by atoms with E-state index in [-0.39, 0.29) is 5.91 Å². The molecule has 0 aromatic heterocycles. The van der Waals surface area contributed by atoms with Crippen molar-refractivity contribution in [3.8, 4) is 16.9 Å². The minimum absolute atomic E-state index is 0.129. The Morgan fingerprint density at radius 1 is 0.972 bits per heavy atom. The summed E-state index contributed by atoms with van der Waals surface area (Å²) in [4.78, 5) is 14.1. The maximum Gasteiger partial charge on any atom is 0.251 e. The molecule has 1 aliphatic carbocycles. The minimum atomic E-state index is -0.129. The van der Waals surface area contributed by atoms with Crippen molar-refractivity contribution in [2.45, 2.75) is 45.4 Å². The zero-order valence-electron chi connectivity index (χ0n) is 20.6. The molecule has 3 aromatic rings. The number of carbonyl (C=O) groups is 1. The van der Waals surface area contributed by atoms with Gasteiger partial charge in [-0.15, -0.1) is 0 Å². The molecule has 2 aliphatic rings. The van der Waals surface area contributed by atoms with Crippen LogP contribution in [0.2, 0.25) is 0 Å². The van der Waals surface area contributed by atoms with E-state index < -0.39 is 0 Å². The van der Waals surface area contributed by atoms with E-state index in [2.05, 4.69) is 36.5 Å². The first kappa shape index (κ1) is 24.3. The Morgan fingerprint density at radius 2 is 1.75 bits per heavy atom. The monoisotopic (exact) mass is 497 g/mol. The average molecular weight is 498 g/mol. The Balaban J connectivity index is 1.34. The fourth-order valence-corrected chi connectivity index (χ4v) is 5.82. The molecule has 0 spiro atoms. The van der Waals surface area contributed by atoms with Crippen LogP contribution >= 0.6 is 0 Å². The van der Waals surface area contributed by atoms with E-state index in [9.17, 15) is 9.00 Å². The molecule has 0 atom stereocenters. The summed E-state index contributed by atoms with van der Waals surface area (Å²) in [6.45, 7) is 2.55. The predicted molar refractivity (Wildman–Crippen MR) is 149 cm³/mol. The van der Waals surface area contributed by atoms with Crippen LogP contribution in [-0.2, 0) is 16.1 Å². The van der Waals surface area contributed by atoms with Gasteiger partial charge in [0, 0.05) is 23.2 Å². The molecular formula is C31H31NO3S. The number of aryl methyl sites for hydroxylation is 1. The number of amides is 1. The number of ether oxygens (including phenoxy) is 1. The summed E-state index contributed by atoms with van der Waals surface area (Å²) in [5.41, 5.74) is 6.77. The Labute approximate surface area is 216 Å². The topological polar surface area (TPSA) is 55.4 Å². The summed E-state index contributed by atoms with van der Waals surface area (Å²) in [7, 11) is 0. The van der Waals surface area contributed by atoms with Gasteiger partial charge in [-0.2, -0.15) is 0 Å². The number of anilines is 1. The summed E-state index contributed by atoms with van der Waals surface area (Å²) >= 11 is 0.624. The highest BCUT2D eigenvalue weighted by Gasteiger charge is 2.21. The van der Waals surface area contributed by atoms with Gasteiger partial charge in [-0.05, 0) is 78.3 Å². The number of rotatable bonds is 5. The maximum absolute atomic E-state index is 13.2. The highest BCUT2D eigenvalue weighted by molar-refractivity contribution is 7.67. The number of nitrogens with one attached hydrogen (secondary N) is 1. The van der Waals surface area contributed by atoms with Crippen molar-refractivity contribution in [2.24, 2.45) is 5.92 Å². The van der Waals surface area contributed by atoms with Crippen molar-refractivity contribution in [3.63, 3.8) is 0 Å². The third-order valence-corrected chi connectivity index (χ3v) is 7.96. The Kier molecular flexibility index (Phi) is 7.47. The number of carbonyl (C=O) groups excluding carboxylic acids is 1. The van der Waals surface area contributed by atoms with Gasteiger partial charge in [0.25, 0.3) is 5.91 Å². The van der Waals surface area contributed by atoms with Crippen molar-refractivity contribution < 1.29 is 13.7 Å². The molecule has 4 nitrogen and oxygen atoms in total. The molecule has 5 rings (SSSR count). The van der Waals surface area contributed by atoms with Gasteiger partial charge in [-0.25, -0.2) is 4.21 Å². The second kappa shape index (κ2) is 11.1. The van der Waals surface area contributed by atoms with E-state index in [1.807, 2.05) is 48.5 Å². The lowest BCUT2D eigenvalue weighted by Crippen LogP contribution is -2.19. The lowest BCUT2D eigenvalue weighted by molar-refractivity contribution is -0.113. The van der Waals surface area contributed by atoms with Crippen LogP contribution in [0.1, 0.15) is 55.2 Å². The Hall–Kier alpha value is -3.44. The van der Waals surface area contributed by atoms with Crippen molar-refractivity contribution in [1.29, 1.82) is 0 Å². The van der Waals surface area contributed by atoms with Crippen molar-refractivity contribution in [1.82, 2.24) is 0 Å². The van der Waals surface area contributed by atoms with Crippen molar-refractivity contribution >= 4 is 33.8 Å². The van der Waals surface area contributed by atoms with E-state index in [4.69, 9.17) is 4.74 Å². The van der Waals surface area contributed by atoms with Crippen LogP contribution < -0.4 is 10.1 Å². The summed E-state index contributed by atoms with van der Waals surface area (Å²) in [6.07, 6.45) is 8.30. The summed E-state index contributed by atoms with van der Waals surface area (Å²) in [5.74, 6) is 1.03. The first-order valence-corrected chi connectivity index (χ1v) is 13.5. The maximum atomic E-state index is 13.2. The molecule has 1 heterocycles. The standard InChI is InChI=1S/C31H31NO3S/c1-21-7-5-6-10-28(21)24-13-16-29-26(19-24)20-25(17-18-35-29)31(33)32-27-14-11-23(12-15-27)30(36-34)22-8-3-2-4-9-22/h5-7,10-16,19-20,22H,2-4,8-9,17-18H2,1H3,(H,32,33). The van der Waals surface area contributed by atoms with Crippen molar-refractivity contribution in [2.75, 3.05) is 11.9 Å². The molecule has 1 amide bonds. The second-order valence-electron chi connectivity index (χ2n) is 9.65. The third-order valence-electron chi connectivity index (χ3n) is 7.21. The van der Waals surface area contributed by atoms with Gasteiger partial charge in [0.15, 0.2) is 0 Å². The fraction of sp³-hybridized carbons (Fsp3) is 0.290. The first-order valence-electron chi connectivity index (χ1n) is 12.7. The molecule has 5 heteroatoms. The predicted octanol–water partition coefficient (Wildman–Crippen LogP) is 6.78. The summed E-state index contributed by atoms with van der Waals surface area (Å²) < 4.78 is 17.8. The zero-order chi connectivity index (χ0) is 24.9. The van der Waals surface area contributed by atoms with Crippen LogP contribution in [0.25, 0.3) is 17.2 Å². The molecular weight excluding hydrogens is 466 g/mol. The summed E-state index contributed by atoms with van der Waals surface area (Å²) in [6, 6.07) is 22.1. The largest absolute Gasteiger partial charge is 0.493 e. The van der Waals surface area contributed by atoms with Crippen LogP contribution in [0.3, 0.4) is 0 Å². The van der Waals surface area contributed by atoms with Gasteiger partial charge in [0.05, 0.1) is 22.7 Å². The van der Waals surface area contributed by atoms with Gasteiger partial charge in [0.1, 0.15) is 5.75 Å². The molecule has 0 radical (unpaired) electrons. The lowest BCUT2D eigenvalue weighted by Gasteiger charge is -2.22. The van der Waals surface area contributed by atoms with Gasteiger partial charge in [-0.3, -0.25) is 4.79 Å². The zero-order valence-corrected chi connectivity index (χ0v) is 21.4. The average Bonchev–Trinajstić information content (AvgIpc) is 3.13. The van der Waals surface area contributed by atoms with Gasteiger partial charge in [0.2, 0.25) is 0 Å². The molecule has 1 aliphatic heterocycles. The van der Waals surface area contributed by atoms with E-state index in [0.29, 0.717) is 35.8 Å². The van der Waals surface area contributed by atoms with Gasteiger partial charge in [-0.1, -0.05) is 61.7 Å². The van der Waals surface area contributed by atoms with E-state index >= 15 is 0 Å². The molecule has 1 saturated carbocycles. The van der Waals surface area contributed by atoms with Crippen LogP contribution in [-0.4, -0.2) is 21.6 Å². The number of fused-ring (bicyclic) bond motifs is 1. The van der Waals surface area contributed by atoms with Gasteiger partial charge >= 0.3 is 0 Å². The van der Waals surface area contributed by atoms with Crippen LogP contribution in [0.4, 0.5) is 5.69 Å². The molecule has 184 valence electrons.